The van der Waals surface area contributed by atoms with Gasteiger partial charge in [-0.25, -0.2) is 4.90 Å². The van der Waals surface area contributed by atoms with Gasteiger partial charge in [0.25, 0.3) is 0 Å². The van der Waals surface area contributed by atoms with Crippen molar-refractivity contribution >= 4 is 12.0 Å². The number of rotatable bonds is 3. The Labute approximate surface area is 158 Å². The van der Waals surface area contributed by atoms with E-state index in [1.54, 1.807) is 6.07 Å². The second-order valence-electron chi connectivity index (χ2n) is 7.71. The van der Waals surface area contributed by atoms with Gasteiger partial charge in [0.15, 0.2) is 0 Å². The van der Waals surface area contributed by atoms with E-state index < -0.39 is 31.0 Å². The monoisotopic (exact) mass is 377 g/mol. The van der Waals surface area contributed by atoms with Crippen molar-refractivity contribution in [1.82, 2.24) is 10.2 Å². The van der Waals surface area contributed by atoms with Crippen molar-refractivity contribution in [3.05, 3.63) is 29.3 Å². The summed E-state index contributed by atoms with van der Waals surface area (Å²) >= 11 is 0. The summed E-state index contributed by atoms with van der Waals surface area (Å²) in [4.78, 5) is 14.7. The number of hydrogen-bond donors (Lipinski definition) is 5. The Balaban J connectivity index is 1.61. The third-order valence-corrected chi connectivity index (χ3v) is 6.14. The molecule has 2 fully saturated rings. The van der Waals surface area contributed by atoms with E-state index >= 15 is 0 Å². The number of nitrogens with zero attached hydrogens (tertiary/aromatic N) is 2. The molecular weight excluding hydrogens is 350 g/mol. The van der Waals surface area contributed by atoms with Crippen molar-refractivity contribution in [2.24, 2.45) is 5.92 Å². The van der Waals surface area contributed by atoms with E-state index in [0.29, 0.717) is 24.0 Å². The van der Waals surface area contributed by atoms with Gasteiger partial charge in [0, 0.05) is 35.8 Å². The third-order valence-electron chi connectivity index (χ3n) is 6.14. The number of piperidine rings is 2. The lowest BCUT2D eigenvalue weighted by molar-refractivity contribution is -0.159. The van der Waals surface area contributed by atoms with Gasteiger partial charge in [0.1, 0.15) is 31.2 Å². The van der Waals surface area contributed by atoms with Crippen molar-refractivity contribution in [3.8, 4) is 0 Å². The summed E-state index contributed by atoms with van der Waals surface area (Å²) in [5.74, 6) is 0.0833. The largest absolute Gasteiger partial charge is 0.379 e. The highest BCUT2D eigenvalue weighted by molar-refractivity contribution is 5.61. The predicted octanol–water partition coefficient (Wildman–Crippen LogP) is -0.212. The first kappa shape index (κ1) is 18.8. The first-order chi connectivity index (χ1) is 13.0. The summed E-state index contributed by atoms with van der Waals surface area (Å²) in [6.07, 6.45) is -0.455. The fraction of sp³-hybridized carbons (Fsp3) is 0.632. The van der Waals surface area contributed by atoms with Crippen LogP contribution in [0.1, 0.15) is 49.3 Å². The number of carbonyl (C=O) groups excluding carboxylic acids is 1. The van der Waals surface area contributed by atoms with Crippen LogP contribution in [0.15, 0.2) is 18.2 Å². The zero-order chi connectivity index (χ0) is 19.1. The predicted molar refractivity (Wildman–Crippen MR) is 97.4 cm³/mol. The standard InChI is InChI=1S/C19H27N3O5/c23-10-11-6-8-21(9-7-11)13-3-1-2-12-16(13)19(27)22(18(12)26)14-4-5-15(24)20-17(14)25/h1-3,10-11,14-15,17-20,24-27H,4-9H2. The van der Waals surface area contributed by atoms with Crippen LogP contribution in [-0.4, -0.2) is 63.2 Å². The topological polar surface area (TPSA) is 117 Å². The first-order valence-electron chi connectivity index (χ1n) is 9.60. The Hall–Kier alpha value is -1.55. The second kappa shape index (κ2) is 7.46. The summed E-state index contributed by atoms with van der Waals surface area (Å²) in [5, 5.41) is 44.5. The lowest BCUT2D eigenvalue weighted by atomic mass is 9.96. The molecule has 0 amide bonds. The van der Waals surface area contributed by atoms with E-state index in [4.69, 9.17) is 0 Å². The van der Waals surface area contributed by atoms with E-state index in [-0.39, 0.29) is 5.92 Å². The maximum Gasteiger partial charge on any atom is 0.138 e. The molecule has 0 radical (unpaired) electrons. The van der Waals surface area contributed by atoms with Gasteiger partial charge in [-0.2, -0.15) is 0 Å². The van der Waals surface area contributed by atoms with Gasteiger partial charge in [0.2, 0.25) is 0 Å². The van der Waals surface area contributed by atoms with E-state index in [1.807, 2.05) is 12.1 Å². The van der Waals surface area contributed by atoms with Crippen LogP contribution < -0.4 is 10.2 Å². The Bertz CT molecular complexity index is 694. The van der Waals surface area contributed by atoms with Crippen LogP contribution in [0.2, 0.25) is 0 Å². The van der Waals surface area contributed by atoms with Crippen LogP contribution in [0.3, 0.4) is 0 Å². The Morgan fingerprint density at radius 3 is 2.41 bits per heavy atom. The highest BCUT2D eigenvalue weighted by atomic mass is 16.3. The number of carbonyl (C=O) groups is 1. The minimum absolute atomic E-state index is 0.0833. The normalized spacial score (nSPS) is 35.3. The molecule has 5 unspecified atom stereocenters. The lowest BCUT2D eigenvalue weighted by Crippen LogP contribution is -2.57. The summed E-state index contributed by atoms with van der Waals surface area (Å²) in [5.41, 5.74) is 2.16. The number of benzene rings is 1. The molecule has 8 heteroatoms. The zero-order valence-corrected chi connectivity index (χ0v) is 15.1. The van der Waals surface area contributed by atoms with Gasteiger partial charge in [-0.15, -0.1) is 0 Å². The first-order valence-corrected chi connectivity index (χ1v) is 9.60. The number of anilines is 1. The van der Waals surface area contributed by atoms with E-state index in [2.05, 4.69) is 10.2 Å². The van der Waals surface area contributed by atoms with Gasteiger partial charge in [-0.1, -0.05) is 12.1 Å². The summed E-state index contributed by atoms with van der Waals surface area (Å²) < 4.78 is 0. The maximum absolute atomic E-state index is 11.0. The van der Waals surface area contributed by atoms with Crippen LogP contribution in [0.4, 0.5) is 5.69 Å². The Morgan fingerprint density at radius 1 is 1.00 bits per heavy atom. The fourth-order valence-corrected chi connectivity index (χ4v) is 4.63. The van der Waals surface area contributed by atoms with Crippen molar-refractivity contribution in [1.29, 1.82) is 0 Å². The SMILES string of the molecule is O=CC1CCN(c2cccc3c2C(O)N(C2CCC(O)NC2O)C3O)CC1. The van der Waals surface area contributed by atoms with Gasteiger partial charge in [-0.05, 0) is 31.7 Å². The minimum atomic E-state index is -1.05. The van der Waals surface area contributed by atoms with Crippen LogP contribution >= 0.6 is 0 Å². The molecule has 3 aliphatic heterocycles. The number of aliphatic hydroxyl groups excluding tert-OH is 4. The number of aliphatic hydroxyl groups is 4. The fourth-order valence-electron chi connectivity index (χ4n) is 4.63. The molecule has 148 valence electrons. The number of hydrogen-bond acceptors (Lipinski definition) is 8. The third kappa shape index (κ3) is 3.26. The molecule has 1 aromatic carbocycles. The molecule has 1 aromatic rings. The molecule has 0 aliphatic carbocycles. The molecule has 0 saturated carbocycles. The molecule has 3 heterocycles. The van der Waals surface area contributed by atoms with Crippen molar-refractivity contribution in [2.45, 2.75) is 56.6 Å². The van der Waals surface area contributed by atoms with Crippen LogP contribution in [0, 0.1) is 5.92 Å². The number of nitrogens with one attached hydrogen (secondary N) is 1. The average Bonchev–Trinajstić information content (AvgIpc) is 2.93. The molecular formula is C19H27N3O5. The lowest BCUT2D eigenvalue weighted by Gasteiger charge is -2.40. The minimum Gasteiger partial charge on any atom is -0.379 e. The maximum atomic E-state index is 11.0. The van der Waals surface area contributed by atoms with Gasteiger partial charge in [-0.3, -0.25) is 5.32 Å². The van der Waals surface area contributed by atoms with Crippen molar-refractivity contribution in [3.63, 3.8) is 0 Å². The Kier molecular flexibility index (Phi) is 5.19. The van der Waals surface area contributed by atoms with Crippen molar-refractivity contribution in [2.75, 3.05) is 18.0 Å². The van der Waals surface area contributed by atoms with Crippen LogP contribution in [0.5, 0.6) is 0 Å². The molecule has 8 nitrogen and oxygen atoms in total. The van der Waals surface area contributed by atoms with Crippen LogP contribution in [0.25, 0.3) is 0 Å². The molecule has 0 spiro atoms. The summed E-state index contributed by atoms with van der Waals surface area (Å²) in [6.45, 7) is 1.45. The van der Waals surface area contributed by atoms with Crippen molar-refractivity contribution < 1.29 is 25.2 Å². The molecule has 0 bridgehead atoms. The smallest absolute Gasteiger partial charge is 0.138 e. The summed E-state index contributed by atoms with van der Waals surface area (Å²) in [7, 11) is 0. The van der Waals surface area contributed by atoms with Gasteiger partial charge < -0.3 is 30.1 Å². The van der Waals surface area contributed by atoms with Gasteiger partial charge >= 0.3 is 0 Å². The molecule has 2 saturated heterocycles. The molecule has 5 atom stereocenters. The molecule has 3 aliphatic rings. The van der Waals surface area contributed by atoms with Gasteiger partial charge in [0.05, 0.1) is 6.04 Å². The number of aldehydes is 1. The molecule has 27 heavy (non-hydrogen) atoms. The molecule has 0 aromatic heterocycles. The Morgan fingerprint density at radius 2 is 1.74 bits per heavy atom. The highest BCUT2D eigenvalue weighted by Crippen LogP contribution is 2.47. The van der Waals surface area contributed by atoms with E-state index in [1.165, 1.54) is 4.90 Å². The second-order valence-corrected chi connectivity index (χ2v) is 7.71. The molecule has 5 N–H and O–H groups in total. The van der Waals surface area contributed by atoms with Crippen LogP contribution in [-0.2, 0) is 4.79 Å². The quantitative estimate of drug-likeness (QED) is 0.460. The molecule has 4 rings (SSSR count). The number of fused-ring (bicyclic) bond motifs is 1. The highest BCUT2D eigenvalue weighted by Gasteiger charge is 2.46. The van der Waals surface area contributed by atoms with E-state index in [9.17, 15) is 25.2 Å². The zero-order valence-electron chi connectivity index (χ0n) is 15.1. The summed E-state index contributed by atoms with van der Waals surface area (Å²) in [6, 6.07) is 5.07. The van der Waals surface area contributed by atoms with E-state index in [0.717, 1.165) is 37.9 Å². The average molecular weight is 377 g/mol.